The minimum absolute atomic E-state index is 0.119. The molecular formula is C15H23N3O. The lowest BCUT2D eigenvalue weighted by Gasteiger charge is -2.31. The van der Waals surface area contributed by atoms with Gasteiger partial charge >= 0.3 is 6.03 Å². The fraction of sp³-hybridized carbons (Fsp3) is 0.533. The zero-order chi connectivity index (χ0) is 13.8. The number of amides is 2. The maximum Gasteiger partial charge on any atom is 0.324 e. The quantitative estimate of drug-likeness (QED) is 0.909. The topological polar surface area (TPSA) is 49.6 Å². The van der Waals surface area contributed by atoms with E-state index in [0.29, 0.717) is 6.54 Å². The van der Waals surface area contributed by atoms with Gasteiger partial charge in [0, 0.05) is 31.4 Å². The highest BCUT2D eigenvalue weighted by atomic mass is 16.2. The molecule has 2 N–H and O–H groups in total. The third-order valence-electron chi connectivity index (χ3n) is 3.55. The van der Waals surface area contributed by atoms with Crippen molar-refractivity contribution in [2.45, 2.75) is 39.3 Å². The van der Waals surface area contributed by atoms with Crippen LogP contribution in [0.2, 0.25) is 0 Å². The lowest BCUT2D eigenvalue weighted by atomic mass is 10.2. The molecule has 1 saturated heterocycles. The smallest absolute Gasteiger partial charge is 0.324 e. The van der Waals surface area contributed by atoms with E-state index in [0.717, 1.165) is 37.2 Å². The van der Waals surface area contributed by atoms with Crippen LogP contribution >= 0.6 is 0 Å². The van der Waals surface area contributed by atoms with Crippen molar-refractivity contribution in [3.8, 4) is 0 Å². The highest BCUT2D eigenvalue weighted by Crippen LogP contribution is 2.21. The number of likely N-dealkylation sites (tertiary alicyclic amines) is 1. The molecule has 0 radical (unpaired) electrons. The molecule has 19 heavy (non-hydrogen) atoms. The normalized spacial score (nSPS) is 15.1. The average molecular weight is 261 g/mol. The molecule has 1 aliphatic heterocycles. The first kappa shape index (κ1) is 13.9. The zero-order valence-electron chi connectivity index (χ0n) is 11.8. The first-order valence-electron chi connectivity index (χ1n) is 7.00. The number of nitrogens with two attached hydrogens (primary N) is 1. The molecule has 0 atom stereocenters. The van der Waals surface area contributed by atoms with Crippen LogP contribution in [0.15, 0.2) is 24.3 Å². The molecule has 0 aliphatic carbocycles. The van der Waals surface area contributed by atoms with Gasteiger partial charge in [-0.05, 0) is 44.4 Å². The predicted molar refractivity (Wildman–Crippen MR) is 78.2 cm³/mol. The number of urea groups is 1. The van der Waals surface area contributed by atoms with Gasteiger partial charge in [0.1, 0.15) is 0 Å². The molecule has 4 nitrogen and oxygen atoms in total. The molecule has 0 aromatic heterocycles. The predicted octanol–water partition coefficient (Wildman–Crippen LogP) is 2.58. The van der Waals surface area contributed by atoms with E-state index >= 15 is 0 Å². The molecule has 1 heterocycles. The molecular weight excluding hydrogens is 238 g/mol. The van der Waals surface area contributed by atoms with Crippen molar-refractivity contribution in [3.63, 3.8) is 0 Å². The fourth-order valence-electron chi connectivity index (χ4n) is 2.48. The molecule has 0 saturated carbocycles. The van der Waals surface area contributed by atoms with Crippen LogP contribution in [0, 0.1) is 0 Å². The Morgan fingerprint density at radius 1 is 1.26 bits per heavy atom. The molecule has 104 valence electrons. The maximum absolute atomic E-state index is 12.6. The summed E-state index contributed by atoms with van der Waals surface area (Å²) in [5.74, 6) is 0. The summed E-state index contributed by atoms with van der Waals surface area (Å²) in [6.45, 7) is 6.38. The van der Waals surface area contributed by atoms with E-state index < -0.39 is 0 Å². The van der Waals surface area contributed by atoms with Crippen molar-refractivity contribution in [2.24, 2.45) is 5.73 Å². The first-order chi connectivity index (χ1) is 9.13. The number of nitrogens with zero attached hydrogens (tertiary/aromatic N) is 2. The van der Waals surface area contributed by atoms with Crippen LogP contribution in [-0.2, 0) is 6.54 Å². The van der Waals surface area contributed by atoms with Crippen molar-refractivity contribution in [2.75, 3.05) is 18.0 Å². The minimum Gasteiger partial charge on any atom is -0.326 e. The van der Waals surface area contributed by atoms with Crippen LogP contribution in [0.4, 0.5) is 10.5 Å². The van der Waals surface area contributed by atoms with E-state index in [1.807, 2.05) is 47.9 Å². The van der Waals surface area contributed by atoms with Gasteiger partial charge in [-0.2, -0.15) is 0 Å². The van der Waals surface area contributed by atoms with Gasteiger partial charge in [-0.25, -0.2) is 4.79 Å². The Bertz CT molecular complexity index is 422. The van der Waals surface area contributed by atoms with E-state index in [1.54, 1.807) is 0 Å². The van der Waals surface area contributed by atoms with Gasteiger partial charge < -0.3 is 10.6 Å². The SMILES string of the molecule is CC(C)N(C(=O)N1CCCC1)c1ccc(CN)cc1. The molecule has 0 spiro atoms. The van der Waals surface area contributed by atoms with Gasteiger partial charge in [0.25, 0.3) is 0 Å². The monoisotopic (exact) mass is 261 g/mol. The van der Waals surface area contributed by atoms with E-state index in [-0.39, 0.29) is 12.1 Å². The van der Waals surface area contributed by atoms with Gasteiger partial charge in [-0.15, -0.1) is 0 Å². The molecule has 4 heteroatoms. The Hall–Kier alpha value is -1.55. The van der Waals surface area contributed by atoms with Crippen molar-refractivity contribution in [1.82, 2.24) is 4.90 Å². The zero-order valence-corrected chi connectivity index (χ0v) is 11.8. The van der Waals surface area contributed by atoms with Gasteiger partial charge in [-0.1, -0.05) is 12.1 Å². The number of benzene rings is 1. The molecule has 0 bridgehead atoms. The van der Waals surface area contributed by atoms with Gasteiger partial charge in [0.05, 0.1) is 0 Å². The molecule has 2 rings (SSSR count). The first-order valence-corrected chi connectivity index (χ1v) is 7.00. The Kier molecular flexibility index (Phi) is 4.43. The number of hydrogen-bond donors (Lipinski definition) is 1. The second-order valence-electron chi connectivity index (χ2n) is 5.31. The van der Waals surface area contributed by atoms with Gasteiger partial charge in [0.15, 0.2) is 0 Å². The van der Waals surface area contributed by atoms with Crippen LogP contribution in [0.1, 0.15) is 32.3 Å². The number of hydrogen-bond acceptors (Lipinski definition) is 2. The second kappa shape index (κ2) is 6.06. The fourth-order valence-corrected chi connectivity index (χ4v) is 2.48. The third-order valence-corrected chi connectivity index (χ3v) is 3.55. The Balaban J connectivity index is 2.20. The number of rotatable bonds is 3. The summed E-state index contributed by atoms with van der Waals surface area (Å²) >= 11 is 0. The Morgan fingerprint density at radius 2 is 1.84 bits per heavy atom. The largest absolute Gasteiger partial charge is 0.326 e. The van der Waals surface area contributed by atoms with E-state index in [4.69, 9.17) is 5.73 Å². The summed E-state index contributed by atoms with van der Waals surface area (Å²) < 4.78 is 0. The molecule has 1 fully saturated rings. The van der Waals surface area contributed by atoms with E-state index in [9.17, 15) is 4.79 Å². The molecule has 1 aromatic carbocycles. The highest BCUT2D eigenvalue weighted by molar-refractivity contribution is 5.92. The van der Waals surface area contributed by atoms with Crippen LogP contribution in [0.5, 0.6) is 0 Å². The molecule has 0 unspecified atom stereocenters. The second-order valence-corrected chi connectivity index (χ2v) is 5.31. The minimum atomic E-state index is 0.119. The van der Waals surface area contributed by atoms with Crippen LogP contribution in [-0.4, -0.2) is 30.1 Å². The van der Waals surface area contributed by atoms with Crippen LogP contribution < -0.4 is 10.6 Å². The van der Waals surface area contributed by atoms with Crippen molar-refractivity contribution in [1.29, 1.82) is 0 Å². The number of anilines is 1. The maximum atomic E-state index is 12.6. The van der Waals surface area contributed by atoms with Gasteiger partial charge in [0.2, 0.25) is 0 Å². The summed E-state index contributed by atoms with van der Waals surface area (Å²) in [5.41, 5.74) is 7.64. The number of carbonyl (C=O) groups is 1. The van der Waals surface area contributed by atoms with Crippen molar-refractivity contribution >= 4 is 11.7 Å². The lowest BCUT2D eigenvalue weighted by molar-refractivity contribution is 0.214. The Morgan fingerprint density at radius 3 is 2.32 bits per heavy atom. The number of carbonyl (C=O) groups excluding carboxylic acids is 1. The summed E-state index contributed by atoms with van der Waals surface area (Å²) in [6, 6.07) is 8.21. The van der Waals surface area contributed by atoms with E-state index in [1.165, 1.54) is 0 Å². The average Bonchev–Trinajstić information content (AvgIpc) is 2.93. The van der Waals surface area contributed by atoms with Crippen LogP contribution in [0.3, 0.4) is 0 Å². The van der Waals surface area contributed by atoms with Crippen molar-refractivity contribution in [3.05, 3.63) is 29.8 Å². The molecule has 2 amide bonds. The lowest BCUT2D eigenvalue weighted by Crippen LogP contribution is -2.45. The van der Waals surface area contributed by atoms with Crippen LogP contribution in [0.25, 0.3) is 0 Å². The summed E-state index contributed by atoms with van der Waals surface area (Å²) in [5, 5.41) is 0. The van der Waals surface area contributed by atoms with Gasteiger partial charge in [-0.3, -0.25) is 4.90 Å². The van der Waals surface area contributed by atoms with Crippen molar-refractivity contribution < 1.29 is 4.79 Å². The molecule has 1 aliphatic rings. The summed E-state index contributed by atoms with van der Waals surface area (Å²) in [7, 11) is 0. The summed E-state index contributed by atoms with van der Waals surface area (Å²) in [4.78, 5) is 16.4. The summed E-state index contributed by atoms with van der Waals surface area (Å²) in [6.07, 6.45) is 2.23. The molecule has 1 aromatic rings. The highest BCUT2D eigenvalue weighted by Gasteiger charge is 2.26. The van der Waals surface area contributed by atoms with E-state index in [2.05, 4.69) is 0 Å². The third kappa shape index (κ3) is 3.07. The Labute approximate surface area is 115 Å². The standard InChI is InChI=1S/C15H23N3O/c1-12(2)18(15(19)17-9-3-4-10-17)14-7-5-13(11-16)6-8-14/h5-8,12H,3-4,9-11,16H2,1-2H3.